The minimum Gasteiger partial charge on any atom is -0.391 e. The topological polar surface area (TPSA) is 133 Å². The van der Waals surface area contributed by atoms with Crippen LogP contribution in [0.25, 0.3) is 0 Å². The van der Waals surface area contributed by atoms with E-state index in [1.807, 2.05) is 4.90 Å². The molecule has 1 aliphatic rings. The number of carbonyl (C=O) groups excluding carboxylic acids is 1. The summed E-state index contributed by atoms with van der Waals surface area (Å²) in [6.45, 7) is 1.27. The SMILES string of the molecule is O=C(Nc1nn[nH]n1)c1cncc(N2CCCC(O)C2)n1. The van der Waals surface area contributed by atoms with Crippen LogP contribution < -0.4 is 10.2 Å². The van der Waals surface area contributed by atoms with Crippen molar-refractivity contribution in [3.63, 3.8) is 0 Å². The number of piperidine rings is 1. The van der Waals surface area contributed by atoms with Crippen LogP contribution in [-0.2, 0) is 0 Å². The summed E-state index contributed by atoms with van der Waals surface area (Å²) < 4.78 is 0. The molecule has 1 aliphatic heterocycles. The predicted molar refractivity (Wildman–Crippen MR) is 71.6 cm³/mol. The second-order valence-electron chi connectivity index (χ2n) is 4.69. The summed E-state index contributed by atoms with van der Waals surface area (Å²) in [5.74, 6) is 0.165. The van der Waals surface area contributed by atoms with Gasteiger partial charge in [-0.1, -0.05) is 5.10 Å². The van der Waals surface area contributed by atoms with Crippen molar-refractivity contribution >= 4 is 17.7 Å². The van der Waals surface area contributed by atoms with Gasteiger partial charge in [0.1, 0.15) is 11.5 Å². The number of nitrogens with one attached hydrogen (secondary N) is 2. The molecular weight excluding hydrogens is 276 g/mol. The Balaban J connectivity index is 1.74. The number of nitrogens with zero attached hydrogens (tertiary/aromatic N) is 6. The molecule has 2 aromatic rings. The first-order valence-electron chi connectivity index (χ1n) is 6.52. The van der Waals surface area contributed by atoms with E-state index >= 15 is 0 Å². The first kappa shape index (κ1) is 13.4. The van der Waals surface area contributed by atoms with Crippen molar-refractivity contribution in [3.05, 3.63) is 18.1 Å². The lowest BCUT2D eigenvalue weighted by Crippen LogP contribution is -2.39. The first-order chi connectivity index (χ1) is 10.2. The third-order valence-electron chi connectivity index (χ3n) is 3.15. The number of tetrazole rings is 1. The highest BCUT2D eigenvalue weighted by Crippen LogP contribution is 2.17. The molecule has 3 N–H and O–H groups in total. The zero-order valence-corrected chi connectivity index (χ0v) is 11.1. The summed E-state index contributed by atoms with van der Waals surface area (Å²) in [6, 6.07) is 0. The first-order valence-corrected chi connectivity index (χ1v) is 6.52. The molecule has 0 aromatic carbocycles. The van der Waals surface area contributed by atoms with E-state index < -0.39 is 5.91 Å². The van der Waals surface area contributed by atoms with Crippen LogP contribution in [0.5, 0.6) is 0 Å². The Morgan fingerprint density at radius 1 is 1.48 bits per heavy atom. The third kappa shape index (κ3) is 3.11. The van der Waals surface area contributed by atoms with Crippen LogP contribution in [-0.4, -0.2) is 60.8 Å². The monoisotopic (exact) mass is 290 g/mol. The molecule has 0 saturated carbocycles. The van der Waals surface area contributed by atoms with Gasteiger partial charge in [-0.3, -0.25) is 15.1 Å². The fourth-order valence-corrected chi connectivity index (χ4v) is 2.16. The van der Waals surface area contributed by atoms with Crippen molar-refractivity contribution in [1.29, 1.82) is 0 Å². The van der Waals surface area contributed by atoms with Crippen LogP contribution in [0.3, 0.4) is 0 Å². The molecule has 0 bridgehead atoms. The molecule has 3 rings (SSSR count). The predicted octanol–water partition coefficient (Wildman–Crippen LogP) is -0.797. The van der Waals surface area contributed by atoms with Gasteiger partial charge >= 0.3 is 0 Å². The highest BCUT2D eigenvalue weighted by Gasteiger charge is 2.20. The molecule has 1 unspecified atom stereocenters. The number of aromatic nitrogens is 6. The Hall–Kier alpha value is -2.62. The number of anilines is 2. The molecule has 1 saturated heterocycles. The lowest BCUT2D eigenvalue weighted by molar-refractivity contribution is 0.102. The van der Waals surface area contributed by atoms with E-state index in [0.717, 1.165) is 19.4 Å². The molecule has 1 amide bonds. The highest BCUT2D eigenvalue weighted by molar-refractivity contribution is 6.01. The van der Waals surface area contributed by atoms with Crippen LogP contribution in [0.1, 0.15) is 23.3 Å². The second-order valence-corrected chi connectivity index (χ2v) is 4.69. The smallest absolute Gasteiger partial charge is 0.278 e. The lowest BCUT2D eigenvalue weighted by atomic mass is 10.1. The second kappa shape index (κ2) is 5.79. The molecule has 21 heavy (non-hydrogen) atoms. The Morgan fingerprint density at radius 3 is 3.14 bits per heavy atom. The Morgan fingerprint density at radius 2 is 2.38 bits per heavy atom. The molecule has 0 aliphatic carbocycles. The van der Waals surface area contributed by atoms with Crippen molar-refractivity contribution in [2.45, 2.75) is 18.9 Å². The van der Waals surface area contributed by atoms with Crippen molar-refractivity contribution in [3.8, 4) is 0 Å². The van der Waals surface area contributed by atoms with Gasteiger partial charge in [0, 0.05) is 13.1 Å². The maximum absolute atomic E-state index is 12.0. The van der Waals surface area contributed by atoms with Gasteiger partial charge < -0.3 is 10.0 Å². The number of aliphatic hydroxyl groups is 1. The van der Waals surface area contributed by atoms with Crippen LogP contribution in [0.15, 0.2) is 12.4 Å². The molecule has 0 radical (unpaired) electrons. The molecule has 10 heteroatoms. The van der Waals surface area contributed by atoms with Gasteiger partial charge in [0.25, 0.3) is 11.9 Å². The quantitative estimate of drug-likeness (QED) is 0.669. The molecule has 10 nitrogen and oxygen atoms in total. The van der Waals surface area contributed by atoms with Crippen molar-refractivity contribution < 1.29 is 9.90 Å². The number of H-pyrrole nitrogens is 1. The molecule has 3 heterocycles. The number of β-amino-alcohol motifs (C(OH)–C–C–N with tert-alkyl or cyclic N) is 1. The van der Waals surface area contributed by atoms with Gasteiger partial charge in [-0.05, 0) is 18.1 Å². The third-order valence-corrected chi connectivity index (χ3v) is 3.15. The largest absolute Gasteiger partial charge is 0.391 e. The Bertz CT molecular complexity index is 616. The summed E-state index contributed by atoms with van der Waals surface area (Å²) in [5.41, 5.74) is 0.150. The van der Waals surface area contributed by atoms with Gasteiger partial charge in [0.2, 0.25) is 0 Å². The van der Waals surface area contributed by atoms with Gasteiger partial charge in [0.05, 0.1) is 18.5 Å². The minimum absolute atomic E-state index is 0.0700. The van der Waals surface area contributed by atoms with E-state index in [2.05, 4.69) is 35.9 Å². The molecule has 1 fully saturated rings. The molecule has 2 aromatic heterocycles. The van der Waals surface area contributed by atoms with Gasteiger partial charge in [-0.25, -0.2) is 4.98 Å². The Labute approximate surface area is 119 Å². The van der Waals surface area contributed by atoms with Gasteiger partial charge in [-0.2, -0.15) is 5.21 Å². The highest BCUT2D eigenvalue weighted by atomic mass is 16.3. The van der Waals surface area contributed by atoms with E-state index in [9.17, 15) is 9.90 Å². The summed E-state index contributed by atoms with van der Waals surface area (Å²) in [4.78, 5) is 22.2. The van der Waals surface area contributed by atoms with Crippen molar-refractivity contribution in [2.24, 2.45) is 0 Å². The number of aromatic amines is 1. The van der Waals surface area contributed by atoms with E-state index in [1.165, 1.54) is 6.20 Å². The Kier molecular flexibility index (Phi) is 3.69. The van der Waals surface area contributed by atoms with Gasteiger partial charge in [-0.15, -0.1) is 5.10 Å². The van der Waals surface area contributed by atoms with E-state index in [1.54, 1.807) is 6.20 Å². The number of rotatable bonds is 3. The number of amides is 1. The standard InChI is InChI=1S/C11H14N8O2/c20-7-2-1-3-19(6-7)9-5-12-4-8(13-9)10(21)14-11-15-17-18-16-11/h4-5,7,20H,1-3,6H2,(H2,14,15,16,17,18,21). The zero-order chi connectivity index (χ0) is 14.7. The van der Waals surface area contributed by atoms with Crippen LogP contribution in [0.4, 0.5) is 11.8 Å². The summed E-state index contributed by atoms with van der Waals surface area (Å²) in [7, 11) is 0. The number of hydrogen-bond acceptors (Lipinski definition) is 8. The zero-order valence-electron chi connectivity index (χ0n) is 11.1. The van der Waals surface area contributed by atoms with E-state index in [4.69, 9.17) is 0 Å². The van der Waals surface area contributed by atoms with Crippen LogP contribution in [0, 0.1) is 0 Å². The molecule has 110 valence electrons. The number of carbonyl (C=O) groups is 1. The van der Waals surface area contributed by atoms with Crippen molar-refractivity contribution in [2.75, 3.05) is 23.3 Å². The molecular formula is C11H14N8O2. The maximum Gasteiger partial charge on any atom is 0.278 e. The lowest BCUT2D eigenvalue weighted by Gasteiger charge is -2.30. The summed E-state index contributed by atoms with van der Waals surface area (Å²) in [5, 5.41) is 25.0. The minimum atomic E-state index is -0.469. The fraction of sp³-hybridized carbons (Fsp3) is 0.455. The summed E-state index contributed by atoms with van der Waals surface area (Å²) in [6.07, 6.45) is 4.21. The van der Waals surface area contributed by atoms with Crippen LogP contribution >= 0.6 is 0 Å². The normalized spacial score (nSPS) is 18.5. The number of aliphatic hydroxyl groups excluding tert-OH is 1. The van der Waals surface area contributed by atoms with Crippen LogP contribution in [0.2, 0.25) is 0 Å². The summed E-state index contributed by atoms with van der Waals surface area (Å²) >= 11 is 0. The van der Waals surface area contributed by atoms with E-state index in [-0.39, 0.29) is 17.7 Å². The fourth-order valence-electron chi connectivity index (χ4n) is 2.16. The van der Waals surface area contributed by atoms with Crippen molar-refractivity contribution in [1.82, 2.24) is 30.6 Å². The number of hydrogen-bond donors (Lipinski definition) is 3. The molecule has 0 spiro atoms. The van der Waals surface area contributed by atoms with E-state index in [0.29, 0.717) is 12.4 Å². The van der Waals surface area contributed by atoms with Gasteiger partial charge in [0.15, 0.2) is 0 Å². The average molecular weight is 290 g/mol. The average Bonchev–Trinajstić information content (AvgIpc) is 3.00. The molecule has 1 atom stereocenters. The maximum atomic E-state index is 12.0.